The monoisotopic (exact) mass is 782 g/mol. The molecule has 0 saturated heterocycles. The van der Waals surface area contributed by atoms with Crippen molar-refractivity contribution in [1.29, 1.82) is 0 Å². The minimum atomic E-state index is -0.177. The van der Waals surface area contributed by atoms with E-state index in [0.717, 1.165) is 33.6 Å². The highest BCUT2D eigenvalue weighted by Gasteiger charge is 2.16. The molecule has 4 aromatic carbocycles. The minimum Gasteiger partial charge on any atom is -0.507 e. The van der Waals surface area contributed by atoms with Crippen LogP contribution in [0.5, 0.6) is 17.2 Å². The quantitative estimate of drug-likeness (QED) is 0.154. The van der Waals surface area contributed by atoms with E-state index in [0.29, 0.717) is 56.9 Å². The average Bonchev–Trinajstić information content (AvgIpc) is 3.23. The van der Waals surface area contributed by atoms with E-state index in [2.05, 4.69) is 15.0 Å². The summed E-state index contributed by atoms with van der Waals surface area (Å²) >= 11 is 0. The number of benzene rings is 4. The van der Waals surface area contributed by atoms with Gasteiger partial charge in [0, 0.05) is 23.5 Å². The zero-order chi connectivity index (χ0) is 41.6. The molecular formula is C48H42N6O5. The maximum Gasteiger partial charge on any atom is 0.266 e. The van der Waals surface area contributed by atoms with Crippen LogP contribution < -0.4 is 15.9 Å². The molecule has 0 atom stereocenters. The first-order chi connectivity index (χ1) is 28.6. The fraction of sp³-hybridized carbons (Fsp3) is 0.125. The van der Waals surface area contributed by atoms with Gasteiger partial charge in [-0.2, -0.15) is 0 Å². The predicted molar refractivity (Wildman–Crippen MR) is 234 cm³/mol. The van der Waals surface area contributed by atoms with Crippen molar-refractivity contribution >= 4 is 46.1 Å². The van der Waals surface area contributed by atoms with E-state index >= 15 is 0 Å². The molecule has 0 spiro atoms. The second-order valence-corrected chi connectivity index (χ2v) is 13.8. The average molecular weight is 783 g/mol. The van der Waals surface area contributed by atoms with Crippen molar-refractivity contribution in [3.8, 4) is 28.6 Å². The Morgan fingerprint density at radius 3 is 1.69 bits per heavy atom. The fourth-order valence-electron chi connectivity index (χ4n) is 6.84. The van der Waals surface area contributed by atoms with E-state index in [1.54, 1.807) is 88.6 Å². The van der Waals surface area contributed by atoms with Crippen LogP contribution >= 0.6 is 0 Å². The van der Waals surface area contributed by atoms with E-state index in [-0.39, 0.29) is 22.6 Å². The molecule has 4 aromatic heterocycles. The maximum absolute atomic E-state index is 13.4. The number of aryl methyl sites for hydroxylation is 4. The molecule has 2 N–H and O–H groups in total. The molecule has 0 amide bonds. The number of phenols is 2. The van der Waals surface area contributed by atoms with Gasteiger partial charge in [0.05, 0.1) is 52.2 Å². The third-order valence-electron chi connectivity index (χ3n) is 9.84. The van der Waals surface area contributed by atoms with Gasteiger partial charge in [-0.3, -0.25) is 28.7 Å². The predicted octanol–water partition coefficient (Wildman–Crippen LogP) is 8.95. The summed E-state index contributed by atoms with van der Waals surface area (Å²) in [5.41, 5.74) is 7.22. The van der Waals surface area contributed by atoms with Crippen molar-refractivity contribution in [1.82, 2.24) is 29.1 Å². The molecule has 294 valence electrons. The molecule has 59 heavy (non-hydrogen) atoms. The van der Waals surface area contributed by atoms with Gasteiger partial charge in [-0.25, -0.2) is 9.97 Å². The highest BCUT2D eigenvalue weighted by molar-refractivity contribution is 5.81. The zero-order valence-corrected chi connectivity index (χ0v) is 33.3. The highest BCUT2D eigenvalue weighted by atomic mass is 16.5. The second kappa shape index (κ2) is 17.2. The number of rotatable bonds is 8. The molecule has 4 heterocycles. The molecule has 11 heteroatoms. The first-order valence-electron chi connectivity index (χ1n) is 19.0. The number of pyridine rings is 2. The Morgan fingerprint density at radius 2 is 1.08 bits per heavy atom. The number of nitrogens with zero attached hydrogens (tertiary/aromatic N) is 6. The van der Waals surface area contributed by atoms with Gasteiger partial charge in [-0.15, -0.1) is 0 Å². The highest BCUT2D eigenvalue weighted by Crippen LogP contribution is 2.31. The molecule has 0 bridgehead atoms. The van der Waals surface area contributed by atoms with Gasteiger partial charge in [0.1, 0.15) is 17.4 Å². The first-order valence-corrected chi connectivity index (χ1v) is 19.0. The topological polar surface area (TPSA) is 145 Å². The molecule has 0 aliphatic heterocycles. The van der Waals surface area contributed by atoms with Gasteiger partial charge in [0.15, 0.2) is 11.5 Å². The van der Waals surface area contributed by atoms with Crippen LogP contribution in [0.3, 0.4) is 0 Å². The van der Waals surface area contributed by atoms with Gasteiger partial charge >= 0.3 is 0 Å². The summed E-state index contributed by atoms with van der Waals surface area (Å²) in [4.78, 5) is 44.3. The standard InChI is InChI=1S/C24H21N3O3.C24H21N3O2/c1-3-30-21-10-6-8-17(23(21)28)11-12-22-26-19-15-25-14-13-18(19)24(29)27(22)20-9-5-4-7-16(20)2;1-15-6-4-7-16(2)22(15)27-21(11-10-18-9-5-8-17(3)23(18)28)26-20-14-25-13-12-19(20)24(27)29/h4-15,28H,3H2,1-2H3;4-14,28H,1-3H3/b12-11+;11-10+. The zero-order valence-electron chi connectivity index (χ0n) is 33.3. The van der Waals surface area contributed by atoms with Crippen LogP contribution in [0.4, 0.5) is 0 Å². The Hall–Kier alpha value is -7.66. The number of aromatic hydroxyl groups is 2. The Labute approximate surface area is 340 Å². The summed E-state index contributed by atoms with van der Waals surface area (Å²) < 4.78 is 8.67. The van der Waals surface area contributed by atoms with Gasteiger partial charge < -0.3 is 14.9 Å². The molecule has 0 saturated carbocycles. The third kappa shape index (κ3) is 8.12. The molecule has 11 nitrogen and oxygen atoms in total. The van der Waals surface area contributed by atoms with Crippen LogP contribution in [-0.4, -0.2) is 45.9 Å². The van der Waals surface area contributed by atoms with Crippen LogP contribution in [0, 0.1) is 27.7 Å². The molecule has 8 aromatic rings. The fourth-order valence-corrected chi connectivity index (χ4v) is 6.84. The lowest BCUT2D eigenvalue weighted by atomic mass is 10.1. The van der Waals surface area contributed by atoms with Crippen LogP contribution in [0.2, 0.25) is 0 Å². The van der Waals surface area contributed by atoms with Crippen molar-refractivity contribution in [3.63, 3.8) is 0 Å². The summed E-state index contributed by atoms with van der Waals surface area (Å²) in [6, 6.07) is 27.8. The number of hydrogen-bond acceptors (Lipinski definition) is 9. The number of phenolic OH excluding ortho intramolecular Hbond substituents is 2. The molecule has 0 aliphatic carbocycles. The number of aromatic nitrogens is 6. The lowest BCUT2D eigenvalue weighted by Crippen LogP contribution is -2.24. The molecule has 8 rings (SSSR count). The van der Waals surface area contributed by atoms with Crippen molar-refractivity contribution in [3.05, 3.63) is 182 Å². The van der Waals surface area contributed by atoms with Gasteiger partial charge in [-0.05, 0) is 105 Å². The van der Waals surface area contributed by atoms with E-state index in [9.17, 15) is 19.8 Å². The van der Waals surface area contributed by atoms with E-state index in [1.165, 1.54) is 0 Å². The number of para-hydroxylation sites is 4. The Bertz CT molecular complexity index is 3020. The summed E-state index contributed by atoms with van der Waals surface area (Å²) in [6.45, 7) is 10.1. The Kier molecular flexibility index (Phi) is 11.6. The number of hydrogen-bond donors (Lipinski definition) is 2. The summed E-state index contributed by atoms with van der Waals surface area (Å²) in [5.74, 6) is 1.59. The summed E-state index contributed by atoms with van der Waals surface area (Å²) in [7, 11) is 0. The van der Waals surface area contributed by atoms with Gasteiger partial charge in [-0.1, -0.05) is 66.7 Å². The van der Waals surface area contributed by atoms with Crippen molar-refractivity contribution in [2.75, 3.05) is 6.61 Å². The normalized spacial score (nSPS) is 11.3. The third-order valence-corrected chi connectivity index (χ3v) is 9.84. The van der Waals surface area contributed by atoms with Gasteiger partial charge in [0.2, 0.25) is 0 Å². The lowest BCUT2D eigenvalue weighted by Gasteiger charge is -2.16. The lowest BCUT2D eigenvalue weighted by molar-refractivity contribution is 0.318. The molecule has 0 fully saturated rings. The van der Waals surface area contributed by atoms with Crippen molar-refractivity contribution in [2.24, 2.45) is 0 Å². The maximum atomic E-state index is 13.4. The summed E-state index contributed by atoms with van der Waals surface area (Å²) in [6.07, 6.45) is 13.3. The molecule has 0 radical (unpaired) electrons. The van der Waals surface area contributed by atoms with Crippen molar-refractivity contribution < 1.29 is 14.9 Å². The minimum absolute atomic E-state index is 0.0443. The van der Waals surface area contributed by atoms with E-state index in [1.807, 2.05) is 95.3 Å². The van der Waals surface area contributed by atoms with E-state index in [4.69, 9.17) is 9.72 Å². The smallest absolute Gasteiger partial charge is 0.266 e. The van der Waals surface area contributed by atoms with Crippen LogP contribution in [0.25, 0.3) is 57.5 Å². The number of fused-ring (bicyclic) bond motifs is 2. The SMILES string of the molecule is CCOc1cccc(/C=C/c2nc3cnccc3c(=O)n2-c2ccccc2C)c1O.Cc1cccc(/C=C/c2nc3cnccc3c(=O)n2-c2c(C)cccc2C)c1O. The summed E-state index contributed by atoms with van der Waals surface area (Å²) in [5, 5.41) is 21.8. The van der Waals surface area contributed by atoms with Crippen LogP contribution in [0.15, 0.2) is 125 Å². The number of ether oxygens (including phenoxy) is 1. The molecule has 0 unspecified atom stereocenters. The van der Waals surface area contributed by atoms with Crippen molar-refractivity contribution in [2.45, 2.75) is 34.6 Å². The second-order valence-electron chi connectivity index (χ2n) is 13.8. The molecule has 0 aliphatic rings. The van der Waals surface area contributed by atoms with Crippen LogP contribution in [0.1, 0.15) is 52.0 Å². The van der Waals surface area contributed by atoms with Crippen LogP contribution in [-0.2, 0) is 0 Å². The Balaban J connectivity index is 0.000000179. The molecular weight excluding hydrogens is 741 g/mol. The van der Waals surface area contributed by atoms with Gasteiger partial charge in [0.25, 0.3) is 11.1 Å². The Morgan fingerprint density at radius 1 is 0.576 bits per heavy atom. The van der Waals surface area contributed by atoms with E-state index < -0.39 is 0 Å². The largest absolute Gasteiger partial charge is 0.507 e. The first kappa shape index (κ1) is 39.6.